The molecule has 0 unspecified atom stereocenters. The summed E-state index contributed by atoms with van der Waals surface area (Å²) in [5.74, 6) is -0.605. The molecule has 1 amide bonds. The van der Waals surface area contributed by atoms with Gasteiger partial charge in [0.2, 0.25) is 5.95 Å². The molecule has 0 saturated heterocycles. The monoisotopic (exact) mass is 437 g/mol. The summed E-state index contributed by atoms with van der Waals surface area (Å²) in [6, 6.07) is 9.48. The molecule has 0 spiro atoms. The van der Waals surface area contributed by atoms with Crippen LogP contribution in [0, 0.1) is 0 Å². The van der Waals surface area contributed by atoms with Gasteiger partial charge >= 0.3 is 12.3 Å². The van der Waals surface area contributed by atoms with Gasteiger partial charge in [0.05, 0.1) is 0 Å². The van der Waals surface area contributed by atoms with Gasteiger partial charge in [-0.05, 0) is 24.8 Å². The predicted molar refractivity (Wildman–Crippen MR) is 110 cm³/mol. The number of benzene rings is 1. The van der Waals surface area contributed by atoms with Gasteiger partial charge in [0, 0.05) is 25.3 Å². The smallest absolute Gasteiger partial charge is 0.421 e. The van der Waals surface area contributed by atoms with E-state index in [0.29, 0.717) is 19.2 Å². The average Bonchev–Trinajstić information content (AvgIpc) is 3.26. The van der Waals surface area contributed by atoms with Crippen LogP contribution in [0.5, 0.6) is 0 Å². The van der Waals surface area contributed by atoms with Crippen molar-refractivity contribution in [3.8, 4) is 0 Å². The molecule has 1 aromatic heterocycles. The topological polar surface area (TPSA) is 93.4 Å². The number of rotatable bonds is 8. The molecule has 1 heterocycles. The normalized spacial score (nSPS) is 14.4. The molecule has 1 aliphatic rings. The van der Waals surface area contributed by atoms with Crippen LogP contribution in [0.1, 0.15) is 43.2 Å². The first-order valence-corrected chi connectivity index (χ1v) is 10.3. The van der Waals surface area contributed by atoms with E-state index in [1.807, 2.05) is 30.3 Å². The van der Waals surface area contributed by atoms with Crippen molar-refractivity contribution in [2.75, 3.05) is 24.1 Å². The van der Waals surface area contributed by atoms with E-state index < -0.39 is 17.8 Å². The molecule has 7 nitrogen and oxygen atoms in total. The van der Waals surface area contributed by atoms with Gasteiger partial charge in [-0.25, -0.2) is 9.78 Å². The van der Waals surface area contributed by atoms with E-state index in [4.69, 9.17) is 10.5 Å². The lowest BCUT2D eigenvalue weighted by Gasteiger charge is -2.28. The highest BCUT2D eigenvalue weighted by atomic mass is 19.4. The zero-order valence-electron chi connectivity index (χ0n) is 17.1. The summed E-state index contributed by atoms with van der Waals surface area (Å²) in [5, 5.41) is 2.67. The second kappa shape index (κ2) is 10.3. The van der Waals surface area contributed by atoms with Gasteiger partial charge < -0.3 is 20.7 Å². The van der Waals surface area contributed by atoms with Crippen molar-refractivity contribution >= 4 is 17.9 Å². The van der Waals surface area contributed by atoms with Crippen LogP contribution in [0.4, 0.5) is 29.7 Å². The number of hydrogen-bond donors (Lipinski definition) is 2. The molecule has 3 N–H and O–H groups in total. The summed E-state index contributed by atoms with van der Waals surface area (Å²) in [5.41, 5.74) is 5.35. The number of nitrogens with one attached hydrogen (secondary N) is 1. The lowest BCUT2D eigenvalue weighted by atomic mass is 10.2. The fourth-order valence-corrected chi connectivity index (χ4v) is 3.63. The minimum atomic E-state index is -4.59. The third kappa shape index (κ3) is 6.47. The lowest BCUT2D eigenvalue weighted by molar-refractivity contribution is -0.137. The molecule has 31 heavy (non-hydrogen) atoms. The Morgan fingerprint density at radius 2 is 1.94 bits per heavy atom. The summed E-state index contributed by atoms with van der Waals surface area (Å²) >= 11 is 0. The molecule has 168 valence electrons. The maximum Gasteiger partial charge on any atom is 0.421 e. The molecule has 1 saturated carbocycles. The molecule has 3 rings (SSSR count). The first kappa shape index (κ1) is 22.6. The van der Waals surface area contributed by atoms with Gasteiger partial charge in [-0.1, -0.05) is 43.2 Å². The number of aromatic nitrogens is 2. The van der Waals surface area contributed by atoms with E-state index in [1.54, 1.807) is 4.90 Å². The number of nitrogens with zero attached hydrogens (tertiary/aromatic N) is 3. The molecule has 0 bridgehead atoms. The first-order chi connectivity index (χ1) is 14.8. The quantitative estimate of drug-likeness (QED) is 0.593. The number of amides is 1. The molecule has 0 atom stereocenters. The molecule has 0 radical (unpaired) electrons. The van der Waals surface area contributed by atoms with Gasteiger partial charge in [-0.2, -0.15) is 18.2 Å². The molecule has 0 aliphatic heterocycles. The van der Waals surface area contributed by atoms with Crippen LogP contribution in [0.25, 0.3) is 0 Å². The fraction of sp³-hybridized carbons (Fsp3) is 0.476. The van der Waals surface area contributed by atoms with Crippen LogP contribution in [0.2, 0.25) is 0 Å². The number of nitrogen functional groups attached to an aromatic ring is 1. The minimum absolute atomic E-state index is 0.0868. The zero-order chi connectivity index (χ0) is 22.3. The van der Waals surface area contributed by atoms with Crippen molar-refractivity contribution in [2.45, 2.75) is 50.9 Å². The van der Waals surface area contributed by atoms with Gasteiger partial charge in [-0.3, -0.25) is 0 Å². The highest BCUT2D eigenvalue weighted by Crippen LogP contribution is 2.33. The largest absolute Gasteiger partial charge is 0.445 e. The second-order valence-electron chi connectivity index (χ2n) is 7.44. The van der Waals surface area contributed by atoms with Crippen molar-refractivity contribution in [1.29, 1.82) is 0 Å². The van der Waals surface area contributed by atoms with Crippen molar-refractivity contribution in [1.82, 2.24) is 14.9 Å². The molecular formula is C21H26F3N5O2. The Labute approximate surface area is 178 Å². The zero-order valence-corrected chi connectivity index (χ0v) is 17.1. The van der Waals surface area contributed by atoms with Gasteiger partial charge in [0.15, 0.2) is 0 Å². The minimum Gasteiger partial charge on any atom is -0.445 e. The number of ether oxygens (including phenoxy) is 1. The van der Waals surface area contributed by atoms with Crippen LogP contribution in [-0.4, -0.2) is 40.1 Å². The SMILES string of the molecule is Nc1ncc(C(F)(F)F)c(NCCCN(C(=O)OCc2ccccc2)C2CCCC2)n1. The van der Waals surface area contributed by atoms with Crippen LogP contribution >= 0.6 is 0 Å². The molecule has 1 aromatic carbocycles. The molecule has 1 aliphatic carbocycles. The lowest BCUT2D eigenvalue weighted by Crippen LogP contribution is -2.40. The van der Waals surface area contributed by atoms with Crippen molar-refractivity contribution in [2.24, 2.45) is 0 Å². The van der Waals surface area contributed by atoms with E-state index in [1.165, 1.54) is 0 Å². The Hall–Kier alpha value is -3.04. The summed E-state index contributed by atoms with van der Waals surface area (Å²) < 4.78 is 44.8. The van der Waals surface area contributed by atoms with Gasteiger partial charge in [-0.15, -0.1) is 0 Å². The number of anilines is 2. The maximum atomic E-state index is 13.1. The van der Waals surface area contributed by atoms with E-state index in [-0.39, 0.29) is 31.0 Å². The molecule has 1 fully saturated rings. The average molecular weight is 437 g/mol. The highest BCUT2D eigenvalue weighted by Gasteiger charge is 2.35. The Kier molecular flexibility index (Phi) is 7.54. The molecule has 2 aromatic rings. The molecular weight excluding hydrogens is 411 g/mol. The Morgan fingerprint density at radius 1 is 1.23 bits per heavy atom. The third-order valence-electron chi connectivity index (χ3n) is 5.19. The number of alkyl halides is 3. The van der Waals surface area contributed by atoms with E-state index in [2.05, 4.69) is 15.3 Å². The summed E-state index contributed by atoms with van der Waals surface area (Å²) in [7, 11) is 0. The standard InChI is InChI=1S/C21H26F3N5O2/c22-21(23,24)17-13-27-19(25)28-18(17)26-11-6-12-29(16-9-4-5-10-16)20(30)31-14-15-7-2-1-3-8-15/h1-3,7-8,13,16H,4-6,9-12,14H2,(H3,25,26,27,28). The van der Waals surface area contributed by atoms with Crippen molar-refractivity contribution < 1.29 is 22.7 Å². The van der Waals surface area contributed by atoms with Crippen LogP contribution in [-0.2, 0) is 17.5 Å². The summed E-state index contributed by atoms with van der Waals surface area (Å²) in [6.07, 6.45) is -0.0238. The number of carbonyl (C=O) groups is 1. The Balaban J connectivity index is 1.56. The number of hydrogen-bond acceptors (Lipinski definition) is 6. The van der Waals surface area contributed by atoms with E-state index in [0.717, 1.165) is 31.2 Å². The summed E-state index contributed by atoms with van der Waals surface area (Å²) in [4.78, 5) is 21.5. The van der Waals surface area contributed by atoms with E-state index in [9.17, 15) is 18.0 Å². The van der Waals surface area contributed by atoms with Gasteiger partial charge in [0.1, 0.15) is 18.0 Å². The van der Waals surface area contributed by atoms with Gasteiger partial charge in [0.25, 0.3) is 0 Å². The van der Waals surface area contributed by atoms with E-state index >= 15 is 0 Å². The van der Waals surface area contributed by atoms with Crippen LogP contribution < -0.4 is 11.1 Å². The first-order valence-electron chi connectivity index (χ1n) is 10.3. The number of halogens is 3. The Morgan fingerprint density at radius 3 is 2.61 bits per heavy atom. The van der Waals surface area contributed by atoms with Crippen LogP contribution in [0.15, 0.2) is 36.5 Å². The van der Waals surface area contributed by atoms with Crippen LogP contribution in [0.3, 0.4) is 0 Å². The fourth-order valence-electron chi connectivity index (χ4n) is 3.63. The van der Waals surface area contributed by atoms with Crippen molar-refractivity contribution in [3.63, 3.8) is 0 Å². The predicted octanol–water partition coefficient (Wildman–Crippen LogP) is 4.46. The summed E-state index contributed by atoms with van der Waals surface area (Å²) in [6.45, 7) is 0.734. The third-order valence-corrected chi connectivity index (χ3v) is 5.19. The maximum absolute atomic E-state index is 13.1. The molecule has 10 heteroatoms. The van der Waals surface area contributed by atoms with Crippen molar-refractivity contribution in [3.05, 3.63) is 47.7 Å². The second-order valence-corrected chi connectivity index (χ2v) is 7.44. The number of carbonyl (C=O) groups excluding carboxylic acids is 1. The Bertz CT molecular complexity index is 858. The number of nitrogens with two attached hydrogens (primary N) is 1. The highest BCUT2D eigenvalue weighted by molar-refractivity contribution is 5.68.